The van der Waals surface area contributed by atoms with E-state index in [1.54, 1.807) is 35.5 Å². The lowest BCUT2D eigenvalue weighted by Crippen LogP contribution is -2.56. The third kappa shape index (κ3) is 28.6. The lowest BCUT2D eigenvalue weighted by molar-refractivity contribution is -0.145. The highest BCUT2D eigenvalue weighted by molar-refractivity contribution is 6.33. The Bertz CT molecular complexity index is 4630. The molecule has 4 aliphatic carbocycles. The van der Waals surface area contributed by atoms with Crippen molar-refractivity contribution in [3.63, 3.8) is 0 Å². The number of nitriles is 4. The van der Waals surface area contributed by atoms with Crippen LogP contribution in [0.4, 0.5) is 31.8 Å². The Balaban J connectivity index is 0.000000187. The minimum atomic E-state index is -0.964. The number of carbonyl (C=O) groups excluding carboxylic acids is 8. The van der Waals surface area contributed by atoms with Crippen molar-refractivity contribution >= 4 is 111 Å². The molecule has 6 aliphatic heterocycles. The number of carbonyl (C=O) groups is 8. The fourth-order valence-corrected chi connectivity index (χ4v) is 17.4. The molecule has 4 aromatic rings. The van der Waals surface area contributed by atoms with Gasteiger partial charge in [0.1, 0.15) is 81.3 Å². The number of hydrogen-bond donors (Lipinski definition) is 2. The Hall–Kier alpha value is -9.82. The second-order valence-corrected chi connectivity index (χ2v) is 37.2. The van der Waals surface area contributed by atoms with E-state index in [1.165, 1.54) is 31.8 Å². The minimum Gasteiger partial charge on any atom is -0.462 e. The third-order valence-corrected chi connectivity index (χ3v) is 23.7. The number of likely N-dealkylation sites (N-methyl/N-ethyl adjacent to an activating group) is 2. The van der Waals surface area contributed by atoms with E-state index in [-0.39, 0.29) is 95.3 Å². The molecule has 35 nitrogen and oxygen atoms in total. The van der Waals surface area contributed by atoms with Crippen molar-refractivity contribution in [1.82, 2.24) is 69.7 Å². The van der Waals surface area contributed by atoms with Gasteiger partial charge in [-0.15, -0.1) is 0 Å². The van der Waals surface area contributed by atoms with Crippen LogP contribution in [0.2, 0.25) is 21.0 Å². The number of piperidine rings is 1. The number of hydrogen-bond acceptors (Lipinski definition) is 32. The van der Waals surface area contributed by atoms with E-state index in [2.05, 4.69) is 87.9 Å². The Morgan fingerprint density at radius 3 is 1.28 bits per heavy atom. The van der Waals surface area contributed by atoms with Gasteiger partial charge in [-0.25, -0.2) is 44.3 Å². The number of Topliss-reactive ketones (excluding diaryl/α,β-unsaturated/α-hetero) is 4. The van der Waals surface area contributed by atoms with E-state index in [4.69, 9.17) is 85.4 Å². The molecule has 39 heteroatoms. The van der Waals surface area contributed by atoms with Gasteiger partial charge in [0.2, 0.25) is 15.9 Å². The number of aliphatic hydroxyl groups is 1. The average Bonchev–Trinajstić information content (AvgIpc) is 1.45. The summed E-state index contributed by atoms with van der Waals surface area (Å²) in [5.74, 6) is 0.405. The molecular formula is C88H119Cl4N21O14. The number of rotatable bonds is 14. The zero-order chi connectivity index (χ0) is 92.6. The maximum Gasteiger partial charge on any atom is 0.410 e. The van der Waals surface area contributed by atoms with E-state index in [9.17, 15) is 54.1 Å². The Labute approximate surface area is 763 Å². The summed E-state index contributed by atoms with van der Waals surface area (Å²) in [7, 11) is 4.11. The Morgan fingerprint density at radius 2 is 0.890 bits per heavy atom. The SMILES string of the molecule is C=CCOC(=O)C1CCc2c(nc(OCC3CCCN3C)nc2N2CCN(C(=O)OC(C)(C)C)C(CC#N)C2)C1=O.CC(C)(C)OC(=O)N1CCN(c2nc(Cl)nc3c2CCCC3=O)CC1CC#N.CC(C)(C)OC(=O)N1CCN(c2nc(Cl)nc3c2CCCC3=O)CC1CC#N.CN1CCCC1CO.N#CCC1CCCNC1.O=C1CCCc2c(Cl)nc(Cl)nc21. The van der Waals surface area contributed by atoms with Crippen molar-refractivity contribution in [3.8, 4) is 30.3 Å². The van der Waals surface area contributed by atoms with Gasteiger partial charge < -0.3 is 73.3 Å². The number of fused-ring (bicyclic) bond motifs is 4. The predicted molar refractivity (Wildman–Crippen MR) is 474 cm³/mol. The lowest BCUT2D eigenvalue weighted by atomic mass is 9.85. The molecule has 10 heterocycles. The van der Waals surface area contributed by atoms with Crippen molar-refractivity contribution in [3.05, 3.63) is 78.7 Å². The molecule has 6 fully saturated rings. The Morgan fingerprint density at radius 1 is 0.480 bits per heavy atom. The number of halogens is 4. The lowest BCUT2D eigenvalue weighted by Gasteiger charge is -2.42. The number of piperazine rings is 3. The molecule has 127 heavy (non-hydrogen) atoms. The number of nitrogens with zero attached hydrogens (tertiary/aromatic N) is 20. The van der Waals surface area contributed by atoms with E-state index in [0.717, 1.165) is 87.8 Å². The van der Waals surface area contributed by atoms with E-state index >= 15 is 0 Å². The van der Waals surface area contributed by atoms with Crippen LogP contribution in [-0.4, -0.2) is 283 Å². The van der Waals surface area contributed by atoms with E-state index in [0.29, 0.717) is 168 Å². The molecule has 2 N–H and O–H groups in total. The smallest absolute Gasteiger partial charge is 0.410 e. The summed E-state index contributed by atoms with van der Waals surface area (Å²) >= 11 is 23.6. The first-order valence-corrected chi connectivity index (χ1v) is 45.1. The third-order valence-electron chi connectivity index (χ3n) is 22.9. The molecule has 7 atom stereocenters. The molecule has 10 aliphatic rings. The first-order valence-electron chi connectivity index (χ1n) is 43.6. The molecule has 0 aromatic carbocycles. The molecule has 688 valence electrons. The number of nitrogens with one attached hydrogen (secondary N) is 1. The number of ether oxygens (including phenoxy) is 5. The van der Waals surface area contributed by atoms with Crippen LogP contribution in [0.5, 0.6) is 6.01 Å². The second-order valence-electron chi connectivity index (χ2n) is 35.8. The van der Waals surface area contributed by atoms with E-state index in [1.807, 2.05) is 63.3 Å². The maximum atomic E-state index is 13.6. The van der Waals surface area contributed by atoms with Gasteiger partial charge in [-0.3, -0.25) is 24.0 Å². The first-order chi connectivity index (χ1) is 60.4. The second kappa shape index (κ2) is 47.0. The molecule has 0 spiro atoms. The van der Waals surface area contributed by atoms with E-state index < -0.39 is 58.8 Å². The Kier molecular flexibility index (Phi) is 37.3. The number of anilines is 3. The van der Waals surface area contributed by atoms with Gasteiger partial charge >= 0.3 is 30.3 Å². The number of esters is 1. The summed E-state index contributed by atoms with van der Waals surface area (Å²) in [5, 5.41) is 48.7. The maximum absolute atomic E-state index is 13.6. The molecule has 0 bridgehead atoms. The van der Waals surface area contributed by atoms with Gasteiger partial charge in [-0.2, -0.15) is 31.0 Å². The average molecular weight is 1840 g/mol. The molecule has 3 amide bonds. The number of amides is 3. The van der Waals surface area contributed by atoms with Crippen molar-refractivity contribution in [2.75, 3.05) is 134 Å². The molecule has 0 saturated carbocycles. The highest BCUT2D eigenvalue weighted by Gasteiger charge is 2.43. The van der Waals surface area contributed by atoms with Crippen LogP contribution < -0.4 is 24.8 Å². The van der Waals surface area contributed by atoms with Crippen LogP contribution in [0.25, 0.3) is 0 Å². The number of ketones is 4. The summed E-state index contributed by atoms with van der Waals surface area (Å²) in [6, 6.07) is 8.30. The van der Waals surface area contributed by atoms with Crippen molar-refractivity contribution < 1.29 is 67.1 Å². The molecular weight excluding hydrogens is 1720 g/mol. The van der Waals surface area contributed by atoms with Gasteiger partial charge in [-0.1, -0.05) is 24.3 Å². The van der Waals surface area contributed by atoms with Crippen molar-refractivity contribution in [2.24, 2.45) is 11.8 Å². The molecule has 6 saturated heterocycles. The van der Waals surface area contributed by atoms with Crippen LogP contribution in [-0.2, 0) is 49.4 Å². The summed E-state index contributed by atoms with van der Waals surface area (Å²) in [5.41, 5.74) is 2.46. The van der Waals surface area contributed by atoms with Crippen LogP contribution in [0.1, 0.15) is 236 Å². The largest absolute Gasteiger partial charge is 0.462 e. The van der Waals surface area contributed by atoms with Crippen LogP contribution in [0.15, 0.2) is 12.7 Å². The molecule has 0 radical (unpaired) electrons. The minimum absolute atomic E-state index is 0.00690. The number of aromatic nitrogens is 8. The fourth-order valence-electron chi connectivity index (χ4n) is 16.6. The van der Waals surface area contributed by atoms with Gasteiger partial charge in [0, 0.05) is 119 Å². The summed E-state index contributed by atoms with van der Waals surface area (Å²) < 4.78 is 27.8. The highest BCUT2D eigenvalue weighted by atomic mass is 35.5. The fraction of sp³-hybridized carbons (Fsp3) is 0.659. The van der Waals surface area contributed by atoms with Crippen molar-refractivity contribution in [2.45, 2.75) is 244 Å². The highest BCUT2D eigenvalue weighted by Crippen LogP contribution is 2.38. The van der Waals surface area contributed by atoms with Crippen LogP contribution >= 0.6 is 46.4 Å². The zero-order valence-corrected chi connectivity index (χ0v) is 77.7. The predicted octanol–water partition coefficient (Wildman–Crippen LogP) is 12.0. The van der Waals surface area contributed by atoms with Crippen LogP contribution in [0.3, 0.4) is 0 Å². The van der Waals surface area contributed by atoms with Crippen LogP contribution in [0, 0.1) is 57.2 Å². The van der Waals surface area contributed by atoms with Crippen molar-refractivity contribution in [1.29, 1.82) is 21.0 Å². The summed E-state index contributed by atoms with van der Waals surface area (Å²) in [6.07, 6.45) is 14.9. The molecule has 14 rings (SSSR count). The monoisotopic (exact) mass is 1830 g/mol. The first kappa shape index (κ1) is 101. The topological polar surface area (TPSA) is 439 Å². The summed E-state index contributed by atoms with van der Waals surface area (Å²) in [4.78, 5) is 149. The standard InChI is InChI=1S/C29H40N6O6.2C19H24ClN5O3.C8H6Cl2N2O.C7H12N2.C6H13NO/c1-6-16-39-26(37)22-10-9-21-23(24(22)36)31-27(40-18-20-8-7-13-33(20)5)32-25(21)34-14-15-35(19(17-34)11-12-30)28(38)41-29(2,3)4;2*1-19(2,3)28-18(27)25-10-9-24(11-12(25)7-8-21)16-13-5-4-6-14(26)15(13)22-17(20)23-16;9-7-4-2-1-3-5(13)6(4)11-8(10)12-7;8-4-3-7-2-1-5-9-6-7;1-7-4-2-3-6(7)5-8/h6,19-20,22H,1,7-11,13-18H2,2-5H3;2*12H,4-7,9-11H2,1-3H3;1-3H2;7,9H,1-3,5-6H2;6,8H,2-5H2,1H3. The van der Waals surface area contributed by atoms with Gasteiger partial charge in [0.15, 0.2) is 23.1 Å². The van der Waals surface area contributed by atoms with Gasteiger partial charge in [0.25, 0.3) is 0 Å². The number of likely N-dealkylation sites (tertiary alicyclic amines) is 2. The van der Waals surface area contributed by atoms with Gasteiger partial charge in [0.05, 0.1) is 68.3 Å². The van der Waals surface area contributed by atoms with Gasteiger partial charge in [-0.05, 0) is 233 Å². The number of aliphatic hydroxyl groups excluding tert-OH is 1. The zero-order valence-electron chi connectivity index (χ0n) is 74.7. The quantitative estimate of drug-likeness (QED) is 0.0296. The molecule has 7 unspecified atom stereocenters. The summed E-state index contributed by atoms with van der Waals surface area (Å²) in [6.45, 7) is 28.6. The molecule has 4 aromatic heterocycles. The normalized spacial score (nSPS) is 21.7.